The van der Waals surface area contributed by atoms with Crippen molar-refractivity contribution < 1.29 is 14.2 Å². The van der Waals surface area contributed by atoms with E-state index in [1.54, 1.807) is 4.68 Å². The predicted molar refractivity (Wildman–Crippen MR) is 116 cm³/mol. The van der Waals surface area contributed by atoms with Crippen molar-refractivity contribution in [3.63, 3.8) is 0 Å². The minimum absolute atomic E-state index is 0.0568. The smallest absolute Gasteiger partial charge is 0.229 e. The van der Waals surface area contributed by atoms with Crippen molar-refractivity contribution in [2.75, 3.05) is 13.2 Å². The highest BCUT2D eigenvalue weighted by atomic mass is 16.5. The van der Waals surface area contributed by atoms with Crippen molar-refractivity contribution in [1.82, 2.24) is 9.78 Å². The number of rotatable bonds is 6. The largest absolute Gasteiger partial charge is 0.490 e. The monoisotopic (exact) mass is 416 g/mol. The minimum atomic E-state index is -0.492. The third kappa shape index (κ3) is 3.46. The van der Waals surface area contributed by atoms with E-state index in [1.165, 1.54) is 0 Å². The van der Waals surface area contributed by atoms with Gasteiger partial charge in [0.2, 0.25) is 11.8 Å². The summed E-state index contributed by atoms with van der Waals surface area (Å²) in [5, 5.41) is 14.7. The van der Waals surface area contributed by atoms with E-state index in [9.17, 15) is 5.26 Å². The molecule has 158 valence electrons. The molecule has 2 N–H and O–H groups in total. The highest BCUT2D eigenvalue weighted by Crippen LogP contribution is 2.48. The van der Waals surface area contributed by atoms with Crippen molar-refractivity contribution in [2.24, 2.45) is 5.73 Å². The number of ether oxygens (including phenoxy) is 3. The molecule has 0 saturated carbocycles. The highest BCUT2D eigenvalue weighted by Gasteiger charge is 2.38. The molecule has 0 saturated heterocycles. The average Bonchev–Trinajstić information content (AvgIpc) is 3.11. The van der Waals surface area contributed by atoms with E-state index in [0.29, 0.717) is 36.2 Å². The van der Waals surface area contributed by atoms with Crippen LogP contribution in [0.3, 0.4) is 0 Å². The predicted octanol–water partition coefficient (Wildman–Crippen LogP) is 4.20. The first-order chi connectivity index (χ1) is 15.1. The van der Waals surface area contributed by atoms with Gasteiger partial charge in [0.05, 0.1) is 36.1 Å². The lowest BCUT2D eigenvalue weighted by molar-refractivity contribution is 0.284. The summed E-state index contributed by atoms with van der Waals surface area (Å²) < 4.78 is 19.4. The third-order valence-electron chi connectivity index (χ3n) is 5.14. The molecule has 31 heavy (non-hydrogen) atoms. The summed E-state index contributed by atoms with van der Waals surface area (Å²) >= 11 is 0. The number of allylic oxidation sites excluding steroid dienone is 1. The fourth-order valence-corrected chi connectivity index (χ4v) is 3.90. The van der Waals surface area contributed by atoms with E-state index < -0.39 is 5.92 Å². The van der Waals surface area contributed by atoms with Crippen LogP contribution in [0.5, 0.6) is 17.4 Å². The molecule has 1 aromatic heterocycles. The maximum Gasteiger partial charge on any atom is 0.229 e. The Morgan fingerprint density at radius 3 is 2.52 bits per heavy atom. The summed E-state index contributed by atoms with van der Waals surface area (Å²) in [6, 6.07) is 17.6. The maximum absolute atomic E-state index is 9.96. The van der Waals surface area contributed by atoms with Crippen LogP contribution in [0.4, 0.5) is 0 Å². The van der Waals surface area contributed by atoms with E-state index >= 15 is 0 Å². The van der Waals surface area contributed by atoms with Crippen molar-refractivity contribution >= 4 is 0 Å². The summed E-state index contributed by atoms with van der Waals surface area (Å²) in [7, 11) is 0. The third-order valence-corrected chi connectivity index (χ3v) is 5.14. The molecule has 2 aromatic carbocycles. The van der Waals surface area contributed by atoms with Gasteiger partial charge in [0.1, 0.15) is 11.6 Å². The first kappa shape index (κ1) is 20.4. The van der Waals surface area contributed by atoms with E-state index in [0.717, 1.165) is 22.5 Å². The molecule has 0 fully saturated rings. The van der Waals surface area contributed by atoms with Crippen LogP contribution in [-0.2, 0) is 0 Å². The van der Waals surface area contributed by atoms with E-state index in [-0.39, 0.29) is 5.88 Å². The van der Waals surface area contributed by atoms with Gasteiger partial charge in [-0.2, -0.15) is 10.4 Å². The second kappa shape index (κ2) is 8.44. The Hall–Kier alpha value is -3.92. The van der Waals surface area contributed by atoms with Crippen LogP contribution in [0.15, 0.2) is 60.0 Å². The lowest BCUT2D eigenvalue weighted by Gasteiger charge is -2.27. The van der Waals surface area contributed by atoms with Gasteiger partial charge in [0.15, 0.2) is 11.5 Å². The number of aromatic nitrogens is 2. The van der Waals surface area contributed by atoms with Gasteiger partial charge in [0, 0.05) is 5.56 Å². The van der Waals surface area contributed by atoms with Crippen molar-refractivity contribution in [2.45, 2.75) is 26.7 Å². The Morgan fingerprint density at radius 1 is 1.10 bits per heavy atom. The Morgan fingerprint density at radius 2 is 1.84 bits per heavy atom. The molecule has 7 nitrogen and oxygen atoms in total. The number of nitrogens with two attached hydrogens (primary N) is 1. The molecule has 3 aromatic rings. The molecular formula is C24H24N4O3. The molecule has 1 aliphatic rings. The summed E-state index contributed by atoms with van der Waals surface area (Å²) in [6.45, 7) is 6.68. The molecule has 0 bridgehead atoms. The SMILES string of the molecule is CCOc1cccc(C2C(C#N)=C(N)Oc3c2c(C)nn3-c2ccccc2)c1OCC. The van der Waals surface area contributed by atoms with Gasteiger partial charge in [-0.3, -0.25) is 0 Å². The van der Waals surface area contributed by atoms with Gasteiger partial charge in [-0.25, -0.2) is 4.68 Å². The van der Waals surface area contributed by atoms with Crippen LogP contribution in [0, 0.1) is 18.3 Å². The molecule has 4 rings (SSSR count). The zero-order valence-corrected chi connectivity index (χ0v) is 17.8. The Bertz CT molecular complexity index is 1180. The summed E-state index contributed by atoms with van der Waals surface area (Å²) in [5.74, 6) is 1.28. The second-order valence-electron chi connectivity index (χ2n) is 7.02. The molecule has 1 atom stereocenters. The molecule has 0 aliphatic carbocycles. The van der Waals surface area contributed by atoms with Crippen molar-refractivity contribution in [3.8, 4) is 29.1 Å². The molecule has 2 heterocycles. The van der Waals surface area contributed by atoms with Crippen LogP contribution in [0.25, 0.3) is 5.69 Å². The molecule has 0 radical (unpaired) electrons. The first-order valence-corrected chi connectivity index (χ1v) is 10.2. The number of fused-ring (bicyclic) bond motifs is 1. The number of aryl methyl sites for hydroxylation is 1. The van der Waals surface area contributed by atoms with Crippen LogP contribution < -0.4 is 19.9 Å². The fourth-order valence-electron chi connectivity index (χ4n) is 3.90. The standard InChI is InChI=1S/C24H24N4O3/c1-4-29-19-13-9-12-17(22(19)30-5-2)21-18(14-25)23(26)31-24-20(21)15(3)27-28(24)16-10-7-6-8-11-16/h6-13,21H,4-5,26H2,1-3H3. The Labute approximate surface area is 181 Å². The van der Waals surface area contributed by atoms with Crippen LogP contribution in [-0.4, -0.2) is 23.0 Å². The lowest BCUT2D eigenvalue weighted by atomic mass is 9.83. The van der Waals surface area contributed by atoms with Gasteiger partial charge >= 0.3 is 0 Å². The van der Waals surface area contributed by atoms with Gasteiger partial charge in [0.25, 0.3) is 0 Å². The van der Waals surface area contributed by atoms with E-state index in [1.807, 2.05) is 69.3 Å². The number of hydrogen-bond acceptors (Lipinski definition) is 6. The molecule has 0 spiro atoms. The normalized spacial score (nSPS) is 15.1. The molecule has 7 heteroatoms. The molecule has 1 aliphatic heterocycles. The van der Waals surface area contributed by atoms with E-state index in [2.05, 4.69) is 6.07 Å². The zero-order chi connectivity index (χ0) is 22.0. The Balaban J connectivity index is 1.97. The molecule has 1 unspecified atom stereocenters. The summed E-state index contributed by atoms with van der Waals surface area (Å²) in [4.78, 5) is 0. The Kier molecular flexibility index (Phi) is 5.54. The molecular weight excluding hydrogens is 392 g/mol. The van der Waals surface area contributed by atoms with Crippen LogP contribution in [0.2, 0.25) is 0 Å². The topological polar surface area (TPSA) is 95.3 Å². The summed E-state index contributed by atoms with van der Waals surface area (Å²) in [6.07, 6.45) is 0. The number of benzene rings is 2. The first-order valence-electron chi connectivity index (χ1n) is 10.2. The average molecular weight is 416 g/mol. The maximum atomic E-state index is 9.96. The number of nitrogens with zero attached hydrogens (tertiary/aromatic N) is 3. The van der Waals surface area contributed by atoms with E-state index in [4.69, 9.17) is 25.0 Å². The second-order valence-corrected chi connectivity index (χ2v) is 7.02. The number of nitriles is 1. The van der Waals surface area contributed by atoms with Gasteiger partial charge in [-0.05, 0) is 39.0 Å². The lowest BCUT2D eigenvalue weighted by Crippen LogP contribution is -2.22. The number of para-hydroxylation sites is 2. The van der Waals surface area contributed by atoms with Crippen molar-refractivity contribution in [1.29, 1.82) is 5.26 Å². The number of hydrogen-bond donors (Lipinski definition) is 1. The molecule has 0 amide bonds. The van der Waals surface area contributed by atoms with Crippen LogP contribution in [0.1, 0.15) is 36.6 Å². The fraction of sp³-hybridized carbons (Fsp3) is 0.250. The highest BCUT2D eigenvalue weighted by molar-refractivity contribution is 5.62. The van der Waals surface area contributed by atoms with Crippen molar-refractivity contribution in [3.05, 3.63) is 76.8 Å². The minimum Gasteiger partial charge on any atom is -0.490 e. The van der Waals surface area contributed by atoms with Gasteiger partial charge in [-0.1, -0.05) is 30.3 Å². The zero-order valence-electron chi connectivity index (χ0n) is 17.8. The quantitative estimate of drug-likeness (QED) is 0.647. The van der Waals surface area contributed by atoms with Gasteiger partial charge in [-0.15, -0.1) is 0 Å². The van der Waals surface area contributed by atoms with Gasteiger partial charge < -0.3 is 19.9 Å². The summed E-state index contributed by atoms with van der Waals surface area (Å²) in [5.41, 5.74) is 9.70. The van der Waals surface area contributed by atoms with Crippen LogP contribution >= 0.6 is 0 Å².